The van der Waals surface area contributed by atoms with E-state index in [1.165, 1.54) is 19.2 Å². The predicted molar refractivity (Wildman–Crippen MR) is 104 cm³/mol. The summed E-state index contributed by atoms with van der Waals surface area (Å²) in [5, 5.41) is 0. The van der Waals surface area contributed by atoms with Crippen LogP contribution in [0, 0.1) is 5.82 Å². The second-order valence-corrected chi connectivity index (χ2v) is 8.53. The van der Waals surface area contributed by atoms with Crippen molar-refractivity contribution < 1.29 is 22.4 Å². The molecule has 2 N–H and O–H groups in total. The Labute approximate surface area is 160 Å². The molecule has 27 heavy (non-hydrogen) atoms. The van der Waals surface area contributed by atoms with Gasteiger partial charge in [0, 0.05) is 25.3 Å². The first-order chi connectivity index (χ1) is 12.7. The normalized spacial score (nSPS) is 12.9. The second-order valence-electron chi connectivity index (χ2n) is 6.76. The molecule has 0 spiro atoms. The largest absolute Gasteiger partial charge is 0.494 e. The van der Waals surface area contributed by atoms with Crippen LogP contribution >= 0.6 is 0 Å². The molecule has 8 heteroatoms. The lowest BCUT2D eigenvalue weighted by atomic mass is 10.1. The number of nitrogens with zero attached hydrogens (tertiary/aromatic N) is 1. The Hall–Kier alpha value is -2.16. The third kappa shape index (κ3) is 5.18. The maximum Gasteiger partial charge on any atom is 0.240 e. The van der Waals surface area contributed by atoms with E-state index in [2.05, 4.69) is 4.72 Å². The lowest BCUT2D eigenvalue weighted by molar-refractivity contribution is -0.890. The van der Waals surface area contributed by atoms with Crippen LogP contribution in [0.3, 0.4) is 0 Å². The van der Waals surface area contributed by atoms with E-state index in [1.54, 1.807) is 0 Å². The molecule has 0 radical (unpaired) electrons. The molecule has 0 fully saturated rings. The quantitative estimate of drug-likeness (QED) is 0.701. The van der Waals surface area contributed by atoms with Crippen LogP contribution in [0.15, 0.2) is 47.4 Å². The van der Waals surface area contributed by atoms with Gasteiger partial charge in [-0.1, -0.05) is 12.1 Å². The molecule has 0 heterocycles. The highest BCUT2D eigenvalue weighted by Crippen LogP contribution is 2.21. The molecule has 2 rings (SSSR count). The zero-order valence-electron chi connectivity index (χ0n) is 16.3. The third-order valence-electron chi connectivity index (χ3n) is 4.42. The molecule has 6 nitrogen and oxygen atoms in total. The van der Waals surface area contributed by atoms with Gasteiger partial charge in [0.15, 0.2) is 11.6 Å². The van der Waals surface area contributed by atoms with Crippen LogP contribution in [0.5, 0.6) is 5.75 Å². The summed E-state index contributed by atoms with van der Waals surface area (Å²) in [5.74, 6) is -0.708. The molecule has 2 aromatic rings. The van der Waals surface area contributed by atoms with Crippen molar-refractivity contribution in [2.24, 2.45) is 0 Å². The fraction of sp³-hybridized carbons (Fsp3) is 0.368. The number of anilines is 1. The number of rotatable bonds is 8. The van der Waals surface area contributed by atoms with Gasteiger partial charge in [0.25, 0.3) is 0 Å². The number of hydrogen-bond acceptors (Lipinski definition) is 4. The van der Waals surface area contributed by atoms with Gasteiger partial charge in [-0.25, -0.2) is 17.5 Å². The van der Waals surface area contributed by atoms with E-state index in [0.29, 0.717) is 0 Å². The minimum absolute atomic E-state index is 0.00513. The Balaban J connectivity index is 2.18. The van der Waals surface area contributed by atoms with Crippen molar-refractivity contribution in [1.29, 1.82) is 0 Å². The molecule has 0 bridgehead atoms. The van der Waals surface area contributed by atoms with Crippen molar-refractivity contribution in [3.8, 4) is 5.75 Å². The Morgan fingerprint density at radius 3 is 2.26 bits per heavy atom. The summed E-state index contributed by atoms with van der Waals surface area (Å²) >= 11 is 0. The van der Waals surface area contributed by atoms with Crippen molar-refractivity contribution in [3.63, 3.8) is 0 Å². The fourth-order valence-corrected chi connectivity index (χ4v) is 3.81. The highest BCUT2D eigenvalue weighted by atomic mass is 32.2. The molecule has 0 aliphatic rings. The molecule has 2 aromatic carbocycles. The highest BCUT2D eigenvalue weighted by Gasteiger charge is 2.23. The number of halogens is 1. The van der Waals surface area contributed by atoms with E-state index >= 15 is 0 Å². The first-order valence-corrected chi connectivity index (χ1v) is 10.0. The molecule has 0 saturated heterocycles. The number of hydrogen-bond donors (Lipinski definition) is 2. The van der Waals surface area contributed by atoms with Crippen molar-refractivity contribution in [3.05, 3.63) is 53.8 Å². The van der Waals surface area contributed by atoms with Gasteiger partial charge in [-0.05, 0) is 30.3 Å². The number of sulfonamides is 1. The van der Waals surface area contributed by atoms with Crippen LogP contribution in [0.4, 0.5) is 10.1 Å². The lowest BCUT2D eigenvalue weighted by Crippen LogP contribution is -3.07. The van der Waals surface area contributed by atoms with Crippen LogP contribution in [0.1, 0.15) is 11.6 Å². The topological polar surface area (TPSA) is 63.1 Å². The molecular formula is C19H27FN3O3S+. The average molecular weight is 397 g/mol. The minimum atomic E-state index is -3.83. The minimum Gasteiger partial charge on any atom is -0.494 e. The Morgan fingerprint density at radius 2 is 1.78 bits per heavy atom. The number of nitrogens with one attached hydrogen (secondary N) is 2. The summed E-state index contributed by atoms with van der Waals surface area (Å²) in [6.07, 6.45) is 0. The predicted octanol–water partition coefficient (Wildman–Crippen LogP) is 1.06. The summed E-state index contributed by atoms with van der Waals surface area (Å²) in [5.41, 5.74) is 2.09. The first kappa shape index (κ1) is 21.1. The monoisotopic (exact) mass is 396 g/mol. The summed E-state index contributed by atoms with van der Waals surface area (Å²) in [7, 11) is 5.35. The van der Waals surface area contributed by atoms with Gasteiger partial charge < -0.3 is 14.5 Å². The number of quaternary nitrogens is 1. The van der Waals surface area contributed by atoms with Crippen LogP contribution in [0.25, 0.3) is 0 Å². The molecule has 0 saturated carbocycles. The van der Waals surface area contributed by atoms with Crippen molar-refractivity contribution in [1.82, 2.24) is 4.72 Å². The van der Waals surface area contributed by atoms with E-state index in [0.717, 1.165) is 22.2 Å². The number of methoxy groups -OCH3 is 1. The lowest BCUT2D eigenvalue weighted by Gasteiger charge is -2.23. The number of likely N-dealkylation sites (N-methyl/N-ethyl adjacent to an activating group) is 1. The van der Waals surface area contributed by atoms with Crippen molar-refractivity contribution in [2.75, 3.05) is 46.7 Å². The summed E-state index contributed by atoms with van der Waals surface area (Å²) in [6, 6.07) is 11.5. The Kier molecular flexibility index (Phi) is 6.80. The highest BCUT2D eigenvalue weighted by molar-refractivity contribution is 7.89. The Morgan fingerprint density at radius 1 is 1.15 bits per heavy atom. The van der Waals surface area contributed by atoms with E-state index in [-0.39, 0.29) is 23.2 Å². The van der Waals surface area contributed by atoms with Gasteiger partial charge >= 0.3 is 0 Å². The van der Waals surface area contributed by atoms with Gasteiger partial charge in [0.05, 0.1) is 32.6 Å². The first-order valence-electron chi connectivity index (χ1n) is 8.56. The SMILES string of the molecule is COc1ccc(S(=O)(=O)NC[C@H](c2ccc(N(C)C)cc2)[NH+](C)C)cc1F. The standard InChI is InChI=1S/C19H26FN3O3S/c1-22(2)15-8-6-14(7-9-15)18(23(3)4)13-21-27(24,25)16-10-11-19(26-5)17(20)12-16/h6-12,18,21H,13H2,1-5H3/p+1/t18-/m1/s1. The Bertz CT molecular complexity index is 868. The molecular weight excluding hydrogens is 369 g/mol. The van der Waals surface area contributed by atoms with Crippen LogP contribution in [-0.2, 0) is 10.0 Å². The third-order valence-corrected chi connectivity index (χ3v) is 5.84. The number of benzene rings is 2. The van der Waals surface area contributed by atoms with E-state index in [4.69, 9.17) is 4.74 Å². The zero-order valence-corrected chi connectivity index (χ0v) is 17.1. The number of ether oxygens (including phenoxy) is 1. The molecule has 148 valence electrons. The van der Waals surface area contributed by atoms with Gasteiger partial charge in [-0.3, -0.25) is 0 Å². The molecule has 0 aliphatic heterocycles. The van der Waals surface area contributed by atoms with Crippen molar-refractivity contribution in [2.45, 2.75) is 10.9 Å². The average Bonchev–Trinajstić information content (AvgIpc) is 2.61. The van der Waals surface area contributed by atoms with Gasteiger partial charge in [0.1, 0.15) is 6.04 Å². The summed E-state index contributed by atoms with van der Waals surface area (Å²) < 4.78 is 46.4. The molecule has 0 unspecified atom stereocenters. The van der Waals surface area contributed by atoms with Crippen LogP contribution in [-0.4, -0.2) is 50.3 Å². The zero-order chi connectivity index (χ0) is 20.2. The molecule has 0 aromatic heterocycles. The molecule has 1 atom stereocenters. The van der Waals surface area contributed by atoms with Crippen molar-refractivity contribution >= 4 is 15.7 Å². The van der Waals surface area contributed by atoms with E-state index in [1.807, 2.05) is 57.4 Å². The van der Waals surface area contributed by atoms with E-state index < -0.39 is 15.8 Å². The fourth-order valence-electron chi connectivity index (χ4n) is 2.75. The smallest absolute Gasteiger partial charge is 0.240 e. The maximum absolute atomic E-state index is 13.9. The summed E-state index contributed by atoms with van der Waals surface area (Å²) in [4.78, 5) is 2.95. The molecule has 0 aliphatic carbocycles. The van der Waals surface area contributed by atoms with Gasteiger partial charge in [-0.2, -0.15) is 0 Å². The van der Waals surface area contributed by atoms with Gasteiger partial charge in [-0.15, -0.1) is 0 Å². The molecule has 0 amide bonds. The summed E-state index contributed by atoms with van der Waals surface area (Å²) in [6.45, 7) is 0.194. The van der Waals surface area contributed by atoms with Gasteiger partial charge in [0.2, 0.25) is 10.0 Å². The van der Waals surface area contributed by atoms with E-state index in [9.17, 15) is 12.8 Å². The van der Waals surface area contributed by atoms with Crippen LogP contribution < -0.4 is 19.3 Å². The maximum atomic E-state index is 13.9. The van der Waals surface area contributed by atoms with Crippen LogP contribution in [0.2, 0.25) is 0 Å². The second kappa shape index (κ2) is 8.69.